The Morgan fingerprint density at radius 2 is 0.776 bits per heavy atom. The van der Waals surface area contributed by atoms with E-state index in [1.807, 2.05) is 0 Å². The smallest absolute Gasteiger partial charge is 0.326 e. The highest BCUT2D eigenvalue weighted by molar-refractivity contribution is 5.99. The van der Waals surface area contributed by atoms with Gasteiger partial charge in [0.25, 0.3) is 0 Å². The number of carboxylic acid groups (broad SMARTS) is 3. The average Bonchev–Trinajstić information content (AvgIpc) is 3.64. The number of nitrogens with one attached hydrogen (secondary N) is 8. The quantitative estimate of drug-likeness (QED) is 0.0339. The standard InChI is InChI=1S/C57H78N10O18/c1-7-30(6)48(56(83)65-42(26-45(72)73)53(80)64-43(27-46(74)75)55(82)66-47(29(4)5)57(84)85)67-54(81)41(25-33-12-18-36(70)19-13-33)62-50(77)38(20-21-44(59)71)60-52(79)40(24-32-10-16-35(69)17-11-32)63-51(78)39(22-28(2)3)61-49(76)37(58)23-31-8-14-34(68)15-9-31/h8-19,28-30,37-43,47-48,68-70H,7,20-27,58H2,1-6H3,(H2,59,71)(H,60,79)(H,61,76)(H,62,77)(H,63,78)(H,64,80)(H,65,83)(H,66,82)(H,67,81)(H,72,73)(H,74,75)(H,84,85)/t30-,37-,38-,39-,40-,41-,42-,43-,47-,48-/m0/s1. The lowest BCUT2D eigenvalue weighted by molar-refractivity contribution is -0.145. The van der Waals surface area contributed by atoms with Gasteiger partial charge in [-0.05, 0) is 90.1 Å². The van der Waals surface area contributed by atoms with Crippen LogP contribution in [-0.4, -0.2) is 156 Å². The van der Waals surface area contributed by atoms with Crippen LogP contribution in [0, 0.1) is 17.8 Å². The largest absolute Gasteiger partial charge is 0.508 e. The second kappa shape index (κ2) is 33.7. The molecule has 3 aromatic carbocycles. The number of phenols is 3. The number of phenolic OH excluding ortho intramolecular Hbond substituents is 3. The number of carbonyl (C=O) groups is 12. The third-order valence-corrected chi connectivity index (χ3v) is 13.4. The Hall–Kier alpha value is -9.34. The minimum atomic E-state index is -2.04. The molecule has 85 heavy (non-hydrogen) atoms. The number of carbonyl (C=O) groups excluding carboxylic acids is 9. The molecule has 0 radical (unpaired) electrons. The molecule has 0 aliphatic carbocycles. The maximum atomic E-state index is 14.6. The average molecular weight is 1190 g/mol. The molecule has 3 aromatic rings. The summed E-state index contributed by atoms with van der Waals surface area (Å²) in [6, 6.07) is 2.41. The molecular formula is C57H78N10O18. The van der Waals surface area contributed by atoms with E-state index in [4.69, 9.17) is 11.5 Å². The van der Waals surface area contributed by atoms with Crippen molar-refractivity contribution in [3.8, 4) is 17.2 Å². The minimum absolute atomic E-state index is 0.00324. The van der Waals surface area contributed by atoms with Gasteiger partial charge in [-0.2, -0.15) is 0 Å². The lowest BCUT2D eigenvalue weighted by Crippen LogP contribution is -2.62. The van der Waals surface area contributed by atoms with Crippen LogP contribution >= 0.6 is 0 Å². The molecule has 3 rings (SSSR count). The van der Waals surface area contributed by atoms with E-state index in [-0.39, 0.29) is 55.3 Å². The van der Waals surface area contributed by atoms with Gasteiger partial charge in [0.05, 0.1) is 18.9 Å². The summed E-state index contributed by atoms with van der Waals surface area (Å²) in [6.07, 6.45) is -3.64. The Bertz CT molecular complexity index is 2830. The summed E-state index contributed by atoms with van der Waals surface area (Å²) in [7, 11) is 0. The Labute approximate surface area is 490 Å². The predicted octanol–water partition coefficient (Wildman–Crippen LogP) is -0.915. The molecule has 28 heteroatoms. The van der Waals surface area contributed by atoms with Crippen LogP contribution in [0.1, 0.15) is 96.8 Å². The zero-order valence-corrected chi connectivity index (χ0v) is 48.0. The number of aromatic hydroxyl groups is 3. The zero-order chi connectivity index (χ0) is 63.8. The van der Waals surface area contributed by atoms with Gasteiger partial charge in [-0.15, -0.1) is 0 Å². The number of primary amides is 1. The number of amides is 9. The Morgan fingerprint density at radius 3 is 1.18 bits per heavy atom. The summed E-state index contributed by atoms with van der Waals surface area (Å²) >= 11 is 0. The van der Waals surface area contributed by atoms with Crippen LogP contribution in [0.5, 0.6) is 17.2 Å². The number of aliphatic carboxylic acids is 3. The molecule has 0 aromatic heterocycles. The highest BCUT2D eigenvalue weighted by atomic mass is 16.4. The summed E-state index contributed by atoms with van der Waals surface area (Å²) in [6.45, 7) is 9.57. The number of carboxylic acids is 3. The highest BCUT2D eigenvalue weighted by Gasteiger charge is 2.38. The van der Waals surface area contributed by atoms with Crippen LogP contribution in [0.4, 0.5) is 0 Å². The topological polar surface area (TPSA) is 474 Å². The van der Waals surface area contributed by atoms with Gasteiger partial charge in [-0.3, -0.25) is 52.7 Å². The third-order valence-electron chi connectivity index (χ3n) is 13.4. The fraction of sp³-hybridized carbons (Fsp3) is 0.474. The van der Waals surface area contributed by atoms with E-state index >= 15 is 0 Å². The number of nitrogens with two attached hydrogens (primary N) is 2. The first-order valence-corrected chi connectivity index (χ1v) is 27.3. The van der Waals surface area contributed by atoms with Crippen molar-refractivity contribution in [3.63, 3.8) is 0 Å². The van der Waals surface area contributed by atoms with Gasteiger partial charge >= 0.3 is 17.9 Å². The van der Waals surface area contributed by atoms with Crippen LogP contribution < -0.4 is 54.0 Å². The van der Waals surface area contributed by atoms with Crippen molar-refractivity contribution in [2.75, 3.05) is 0 Å². The van der Waals surface area contributed by atoms with Gasteiger partial charge in [0.2, 0.25) is 53.2 Å². The van der Waals surface area contributed by atoms with E-state index in [2.05, 4.69) is 42.5 Å². The van der Waals surface area contributed by atoms with Gasteiger partial charge in [-0.25, -0.2) is 4.79 Å². The molecule has 9 amide bonds. The molecule has 0 heterocycles. The summed E-state index contributed by atoms with van der Waals surface area (Å²) in [4.78, 5) is 160. The van der Waals surface area contributed by atoms with Crippen molar-refractivity contribution in [2.24, 2.45) is 29.2 Å². The molecule has 10 atom stereocenters. The van der Waals surface area contributed by atoms with E-state index in [9.17, 15) is 88.2 Å². The molecule has 0 spiro atoms. The van der Waals surface area contributed by atoms with E-state index in [0.29, 0.717) is 16.7 Å². The van der Waals surface area contributed by atoms with Gasteiger partial charge in [0.1, 0.15) is 65.6 Å². The normalized spacial score (nSPS) is 14.6. The molecule has 28 nitrogen and oxygen atoms in total. The van der Waals surface area contributed by atoms with Crippen LogP contribution in [0.3, 0.4) is 0 Å². The molecule has 18 N–H and O–H groups in total. The number of rotatable bonds is 35. The van der Waals surface area contributed by atoms with Crippen molar-refractivity contribution >= 4 is 71.1 Å². The fourth-order valence-electron chi connectivity index (χ4n) is 8.51. The van der Waals surface area contributed by atoms with Gasteiger partial charge in [-0.1, -0.05) is 84.4 Å². The van der Waals surface area contributed by atoms with Crippen molar-refractivity contribution in [3.05, 3.63) is 89.5 Å². The Kier molecular flexibility index (Phi) is 27.7. The summed E-state index contributed by atoms with van der Waals surface area (Å²) in [5, 5.41) is 78.0. The summed E-state index contributed by atoms with van der Waals surface area (Å²) in [5.74, 6) is -16.2. The molecule has 0 saturated heterocycles. The molecule has 464 valence electrons. The van der Waals surface area contributed by atoms with Crippen molar-refractivity contribution in [1.82, 2.24) is 42.5 Å². The third kappa shape index (κ3) is 24.2. The van der Waals surface area contributed by atoms with E-state index in [1.54, 1.807) is 32.9 Å². The molecular weight excluding hydrogens is 1110 g/mol. The van der Waals surface area contributed by atoms with E-state index < -0.39 is 163 Å². The van der Waals surface area contributed by atoms with Gasteiger partial charge in [0.15, 0.2) is 0 Å². The summed E-state index contributed by atoms with van der Waals surface area (Å²) in [5.41, 5.74) is 13.1. The highest BCUT2D eigenvalue weighted by Crippen LogP contribution is 2.18. The number of hydrogen-bond acceptors (Lipinski definition) is 16. The van der Waals surface area contributed by atoms with Crippen LogP contribution in [0.25, 0.3) is 0 Å². The monoisotopic (exact) mass is 1190 g/mol. The SMILES string of the molecule is CC[C@H](C)[C@H](NC(=O)[C@H](Cc1ccc(O)cc1)NC(=O)[C@H](CCC(N)=O)NC(=O)[C@H](Cc1ccc(O)cc1)NC(=O)[C@H](CC(C)C)NC(=O)[C@@H](N)Cc1ccc(O)cc1)C(=O)N[C@@H](CC(=O)O)C(=O)N[C@@H](CC(=O)O)C(=O)N[C@H](C(=O)O)C(C)C. The van der Waals surface area contributed by atoms with E-state index in [0.717, 1.165) is 0 Å². The number of hydrogen-bond donors (Lipinski definition) is 16. The second-order valence-corrected chi connectivity index (χ2v) is 21.4. The Morgan fingerprint density at radius 1 is 0.435 bits per heavy atom. The van der Waals surface area contributed by atoms with Gasteiger partial charge < -0.3 is 84.6 Å². The minimum Gasteiger partial charge on any atom is -0.508 e. The molecule has 0 aliphatic heterocycles. The second-order valence-electron chi connectivity index (χ2n) is 21.4. The van der Waals surface area contributed by atoms with Crippen LogP contribution in [0.2, 0.25) is 0 Å². The van der Waals surface area contributed by atoms with Gasteiger partial charge in [0, 0.05) is 19.3 Å². The molecule has 0 aliphatic rings. The maximum Gasteiger partial charge on any atom is 0.326 e. The zero-order valence-electron chi connectivity index (χ0n) is 48.0. The first kappa shape index (κ1) is 69.9. The molecule has 0 unspecified atom stereocenters. The molecule has 0 fully saturated rings. The first-order chi connectivity index (χ1) is 39.9. The molecule has 0 saturated carbocycles. The lowest BCUT2D eigenvalue weighted by atomic mass is 9.96. The van der Waals surface area contributed by atoms with Crippen LogP contribution in [0.15, 0.2) is 72.8 Å². The summed E-state index contributed by atoms with van der Waals surface area (Å²) < 4.78 is 0. The van der Waals surface area contributed by atoms with E-state index in [1.165, 1.54) is 81.4 Å². The van der Waals surface area contributed by atoms with Crippen molar-refractivity contribution < 1.29 is 88.2 Å². The Balaban J connectivity index is 2.01. The lowest BCUT2D eigenvalue weighted by Gasteiger charge is -2.30. The van der Waals surface area contributed by atoms with Crippen LogP contribution in [-0.2, 0) is 76.8 Å². The van der Waals surface area contributed by atoms with Crippen molar-refractivity contribution in [1.29, 1.82) is 0 Å². The molecule has 0 bridgehead atoms. The maximum absolute atomic E-state index is 14.6. The predicted molar refractivity (Wildman–Crippen MR) is 303 cm³/mol. The van der Waals surface area contributed by atoms with Crippen molar-refractivity contribution in [2.45, 2.75) is 154 Å². The first-order valence-electron chi connectivity index (χ1n) is 27.3. The fourth-order valence-corrected chi connectivity index (χ4v) is 8.51. The number of benzene rings is 3.